The zero-order chi connectivity index (χ0) is 9.42. The third-order valence-corrected chi connectivity index (χ3v) is 3.71. The van der Waals surface area contributed by atoms with Crippen LogP contribution in [0.15, 0.2) is 0 Å². The second kappa shape index (κ2) is 3.35. The summed E-state index contributed by atoms with van der Waals surface area (Å²) < 4.78 is 0. The minimum Gasteiger partial charge on any atom is -0.300 e. The Kier molecular flexibility index (Phi) is 2.34. The van der Waals surface area contributed by atoms with Crippen LogP contribution >= 0.6 is 11.8 Å². The quantitative estimate of drug-likeness (QED) is 0.720. The molecule has 1 fully saturated rings. The van der Waals surface area contributed by atoms with Crippen LogP contribution in [-0.4, -0.2) is 22.0 Å². The minimum atomic E-state index is 0.439. The highest BCUT2D eigenvalue weighted by molar-refractivity contribution is 8.00. The summed E-state index contributed by atoms with van der Waals surface area (Å²) in [7, 11) is 0. The van der Waals surface area contributed by atoms with Gasteiger partial charge in [0.25, 0.3) is 0 Å². The molecule has 2 unspecified atom stereocenters. The zero-order valence-electron chi connectivity index (χ0n) is 8.22. The maximum absolute atomic E-state index is 4.21. The van der Waals surface area contributed by atoms with Gasteiger partial charge in [-0.05, 0) is 13.8 Å². The third kappa shape index (κ3) is 1.60. The molecule has 1 aromatic rings. The van der Waals surface area contributed by atoms with Crippen molar-refractivity contribution in [2.24, 2.45) is 0 Å². The molecule has 2 heterocycles. The lowest BCUT2D eigenvalue weighted by molar-refractivity contribution is 0.712. The van der Waals surface area contributed by atoms with Crippen molar-refractivity contribution >= 4 is 11.8 Å². The molecule has 0 spiro atoms. The van der Waals surface area contributed by atoms with Gasteiger partial charge in [-0.1, -0.05) is 6.92 Å². The molecule has 1 aromatic heterocycles. The largest absolute Gasteiger partial charge is 0.300 e. The van der Waals surface area contributed by atoms with E-state index in [0.717, 1.165) is 12.2 Å². The number of nitrogens with one attached hydrogen (secondary N) is 2. The molecule has 0 amide bonds. The smallest absolute Gasteiger partial charge is 0.0828 e. The molecule has 0 aromatic carbocycles. The van der Waals surface area contributed by atoms with Crippen molar-refractivity contribution in [3.05, 3.63) is 17.0 Å². The van der Waals surface area contributed by atoms with Crippen LogP contribution in [0.4, 0.5) is 0 Å². The van der Waals surface area contributed by atoms with E-state index in [4.69, 9.17) is 0 Å². The standard InChI is InChI=1S/C9H15N3S/c1-5-4-10-9(13-5)8-6(2)11-12-7(8)3/h5,9-10H,4H2,1-3H3,(H,11,12). The fourth-order valence-corrected chi connectivity index (χ4v) is 3.05. The van der Waals surface area contributed by atoms with Gasteiger partial charge in [-0.25, -0.2) is 0 Å². The van der Waals surface area contributed by atoms with Crippen LogP contribution in [0.1, 0.15) is 29.2 Å². The summed E-state index contributed by atoms with van der Waals surface area (Å²) in [5.41, 5.74) is 3.66. The van der Waals surface area contributed by atoms with E-state index in [1.165, 1.54) is 11.3 Å². The normalized spacial score (nSPS) is 28.2. The lowest BCUT2D eigenvalue weighted by Gasteiger charge is -2.09. The summed E-state index contributed by atoms with van der Waals surface area (Å²) in [5, 5.41) is 11.9. The van der Waals surface area contributed by atoms with Gasteiger partial charge in [0.05, 0.1) is 11.1 Å². The maximum atomic E-state index is 4.21. The zero-order valence-corrected chi connectivity index (χ0v) is 9.03. The molecule has 2 rings (SSSR count). The van der Waals surface area contributed by atoms with Crippen molar-refractivity contribution in [3.8, 4) is 0 Å². The van der Waals surface area contributed by atoms with Gasteiger partial charge in [-0.2, -0.15) is 5.10 Å². The van der Waals surface area contributed by atoms with E-state index in [9.17, 15) is 0 Å². The number of H-pyrrole nitrogens is 1. The third-order valence-electron chi connectivity index (χ3n) is 2.41. The Hall–Kier alpha value is -0.480. The van der Waals surface area contributed by atoms with E-state index in [1.807, 2.05) is 11.8 Å². The van der Waals surface area contributed by atoms with Crippen molar-refractivity contribution in [3.63, 3.8) is 0 Å². The van der Waals surface area contributed by atoms with Crippen LogP contribution in [0.2, 0.25) is 0 Å². The number of aromatic amines is 1. The molecule has 2 N–H and O–H groups in total. The Morgan fingerprint density at radius 3 is 2.69 bits per heavy atom. The molecule has 0 aliphatic carbocycles. The fourth-order valence-electron chi connectivity index (χ4n) is 1.72. The van der Waals surface area contributed by atoms with E-state index in [-0.39, 0.29) is 0 Å². The van der Waals surface area contributed by atoms with E-state index >= 15 is 0 Å². The molecule has 13 heavy (non-hydrogen) atoms. The van der Waals surface area contributed by atoms with Crippen LogP contribution < -0.4 is 5.32 Å². The Morgan fingerprint density at radius 2 is 2.23 bits per heavy atom. The summed E-state index contributed by atoms with van der Waals surface area (Å²) in [5.74, 6) is 0. The van der Waals surface area contributed by atoms with Gasteiger partial charge in [0, 0.05) is 23.1 Å². The average Bonchev–Trinajstić information content (AvgIpc) is 2.60. The minimum absolute atomic E-state index is 0.439. The van der Waals surface area contributed by atoms with Gasteiger partial charge < -0.3 is 5.32 Å². The van der Waals surface area contributed by atoms with Crippen LogP contribution in [-0.2, 0) is 0 Å². The number of hydrogen-bond donors (Lipinski definition) is 2. The SMILES string of the molecule is Cc1n[nH]c(C)c1C1NCC(C)S1. The molecule has 2 atom stereocenters. The highest BCUT2D eigenvalue weighted by atomic mass is 32.2. The highest BCUT2D eigenvalue weighted by Crippen LogP contribution is 2.36. The van der Waals surface area contributed by atoms with Crippen LogP contribution in [0.3, 0.4) is 0 Å². The molecule has 1 aliphatic heterocycles. The Bertz CT molecular complexity index is 288. The van der Waals surface area contributed by atoms with E-state index in [2.05, 4.69) is 36.3 Å². The van der Waals surface area contributed by atoms with Gasteiger partial charge >= 0.3 is 0 Å². The lowest BCUT2D eigenvalue weighted by Crippen LogP contribution is -2.14. The summed E-state index contributed by atoms with van der Waals surface area (Å²) in [6.07, 6.45) is 0. The van der Waals surface area contributed by atoms with Crippen molar-refractivity contribution in [1.82, 2.24) is 15.5 Å². The molecule has 4 heteroatoms. The highest BCUT2D eigenvalue weighted by Gasteiger charge is 2.26. The second-order valence-electron chi connectivity index (χ2n) is 3.58. The van der Waals surface area contributed by atoms with E-state index in [0.29, 0.717) is 10.6 Å². The van der Waals surface area contributed by atoms with E-state index < -0.39 is 0 Å². The molecular weight excluding hydrogens is 182 g/mol. The summed E-state index contributed by atoms with van der Waals surface area (Å²) in [6.45, 7) is 7.49. The number of aryl methyl sites for hydroxylation is 2. The van der Waals surface area contributed by atoms with Gasteiger partial charge in [0.2, 0.25) is 0 Å². The molecule has 3 nitrogen and oxygen atoms in total. The Morgan fingerprint density at radius 1 is 1.46 bits per heavy atom. The monoisotopic (exact) mass is 197 g/mol. The van der Waals surface area contributed by atoms with Crippen molar-refractivity contribution < 1.29 is 0 Å². The Balaban J connectivity index is 2.25. The van der Waals surface area contributed by atoms with Gasteiger partial charge in [-0.3, -0.25) is 5.10 Å². The average molecular weight is 197 g/mol. The number of thioether (sulfide) groups is 1. The van der Waals surface area contributed by atoms with Crippen LogP contribution in [0.25, 0.3) is 0 Å². The first-order valence-corrected chi connectivity index (χ1v) is 5.53. The van der Waals surface area contributed by atoms with Crippen LogP contribution in [0, 0.1) is 13.8 Å². The topological polar surface area (TPSA) is 40.7 Å². The molecular formula is C9H15N3S. The summed E-state index contributed by atoms with van der Waals surface area (Å²) >= 11 is 1.98. The number of nitrogens with zero attached hydrogens (tertiary/aromatic N) is 1. The molecule has 1 aliphatic rings. The Labute approximate surface area is 82.7 Å². The predicted molar refractivity (Wildman–Crippen MR) is 55.9 cm³/mol. The molecule has 0 saturated carbocycles. The predicted octanol–water partition coefficient (Wildman–Crippen LogP) is 1.75. The first-order valence-electron chi connectivity index (χ1n) is 4.59. The number of aromatic nitrogens is 2. The van der Waals surface area contributed by atoms with E-state index in [1.54, 1.807) is 0 Å². The molecule has 72 valence electrons. The fraction of sp³-hybridized carbons (Fsp3) is 0.667. The van der Waals surface area contributed by atoms with Gasteiger partial charge in [-0.15, -0.1) is 11.8 Å². The molecule has 0 bridgehead atoms. The molecule has 1 saturated heterocycles. The lowest BCUT2D eigenvalue weighted by atomic mass is 10.2. The number of hydrogen-bond acceptors (Lipinski definition) is 3. The first-order chi connectivity index (χ1) is 6.18. The number of rotatable bonds is 1. The first kappa shape index (κ1) is 9.09. The maximum Gasteiger partial charge on any atom is 0.0828 e. The van der Waals surface area contributed by atoms with Gasteiger partial charge in [0.15, 0.2) is 0 Å². The second-order valence-corrected chi connectivity index (χ2v) is 5.13. The summed E-state index contributed by atoms with van der Waals surface area (Å²) in [4.78, 5) is 0. The van der Waals surface area contributed by atoms with Crippen LogP contribution in [0.5, 0.6) is 0 Å². The van der Waals surface area contributed by atoms with Crippen molar-refractivity contribution in [2.45, 2.75) is 31.4 Å². The summed E-state index contributed by atoms with van der Waals surface area (Å²) in [6, 6.07) is 0. The van der Waals surface area contributed by atoms with Crippen molar-refractivity contribution in [2.75, 3.05) is 6.54 Å². The van der Waals surface area contributed by atoms with Gasteiger partial charge in [0.1, 0.15) is 0 Å². The van der Waals surface area contributed by atoms with Crippen molar-refractivity contribution in [1.29, 1.82) is 0 Å². The molecule has 0 radical (unpaired) electrons.